The fourth-order valence-electron chi connectivity index (χ4n) is 0.976. The zero-order valence-corrected chi connectivity index (χ0v) is 8.22. The molecule has 72 valence electrons. The van der Waals surface area contributed by atoms with Crippen LogP contribution in [0.25, 0.3) is 0 Å². The van der Waals surface area contributed by atoms with Crippen molar-refractivity contribution in [3.8, 4) is 0 Å². The van der Waals surface area contributed by atoms with Crippen LogP contribution >= 0.6 is 0 Å². The van der Waals surface area contributed by atoms with Gasteiger partial charge >= 0.3 is 5.97 Å². The van der Waals surface area contributed by atoms with Crippen LogP contribution in [0.1, 0.15) is 33.1 Å². The Balaban J connectivity index is 3.40. The fraction of sp³-hybridized carbons (Fsp3) is 0.889. The van der Waals surface area contributed by atoms with Gasteiger partial charge in [-0.25, -0.2) is 0 Å². The highest BCUT2D eigenvalue weighted by atomic mass is 16.5. The first-order chi connectivity index (χ1) is 5.70. The first-order valence-corrected chi connectivity index (χ1v) is 4.54. The van der Waals surface area contributed by atoms with Crippen LogP contribution in [0.2, 0.25) is 0 Å². The molecule has 0 aliphatic rings. The molecule has 3 nitrogen and oxygen atoms in total. The molecule has 1 unspecified atom stereocenters. The zero-order valence-electron chi connectivity index (χ0n) is 8.22. The molecule has 0 amide bonds. The SMILES string of the molecule is CCCC(C)OC(=O)CCNC. The summed E-state index contributed by atoms with van der Waals surface area (Å²) >= 11 is 0. The van der Waals surface area contributed by atoms with E-state index in [1.807, 2.05) is 14.0 Å². The van der Waals surface area contributed by atoms with Gasteiger partial charge in [-0.3, -0.25) is 4.79 Å². The second-order valence-corrected chi connectivity index (χ2v) is 2.94. The molecule has 0 saturated carbocycles. The standard InChI is InChI=1S/C9H19NO2/c1-4-5-8(2)12-9(11)6-7-10-3/h8,10H,4-7H2,1-3H3. The van der Waals surface area contributed by atoms with Crippen molar-refractivity contribution < 1.29 is 9.53 Å². The van der Waals surface area contributed by atoms with Gasteiger partial charge in [-0.05, 0) is 20.4 Å². The lowest BCUT2D eigenvalue weighted by Crippen LogP contribution is -2.19. The Morgan fingerprint density at radius 2 is 2.25 bits per heavy atom. The van der Waals surface area contributed by atoms with Gasteiger partial charge < -0.3 is 10.1 Å². The normalized spacial score (nSPS) is 12.6. The Morgan fingerprint density at radius 1 is 1.58 bits per heavy atom. The van der Waals surface area contributed by atoms with Crippen LogP contribution in [0.5, 0.6) is 0 Å². The average molecular weight is 173 g/mol. The lowest BCUT2D eigenvalue weighted by Gasteiger charge is -2.11. The van der Waals surface area contributed by atoms with Crippen LogP contribution in [-0.4, -0.2) is 25.7 Å². The molecule has 12 heavy (non-hydrogen) atoms. The largest absolute Gasteiger partial charge is 0.463 e. The minimum atomic E-state index is -0.106. The maximum Gasteiger partial charge on any atom is 0.307 e. The third-order valence-electron chi connectivity index (χ3n) is 1.61. The third-order valence-corrected chi connectivity index (χ3v) is 1.61. The number of hydrogen-bond donors (Lipinski definition) is 1. The van der Waals surface area contributed by atoms with Gasteiger partial charge in [0.15, 0.2) is 0 Å². The lowest BCUT2D eigenvalue weighted by molar-refractivity contribution is -0.148. The number of ether oxygens (including phenoxy) is 1. The van der Waals surface area contributed by atoms with Crippen molar-refractivity contribution in [2.45, 2.75) is 39.2 Å². The Kier molecular flexibility index (Phi) is 6.76. The molecular weight excluding hydrogens is 154 g/mol. The van der Waals surface area contributed by atoms with Crippen LogP contribution in [0.3, 0.4) is 0 Å². The minimum Gasteiger partial charge on any atom is -0.463 e. The second-order valence-electron chi connectivity index (χ2n) is 2.94. The van der Waals surface area contributed by atoms with Crippen molar-refractivity contribution in [2.75, 3.05) is 13.6 Å². The van der Waals surface area contributed by atoms with Gasteiger partial charge in [0.05, 0.1) is 12.5 Å². The molecular formula is C9H19NO2. The number of hydrogen-bond acceptors (Lipinski definition) is 3. The molecule has 0 fully saturated rings. The molecule has 0 spiro atoms. The molecule has 0 aliphatic heterocycles. The number of rotatable bonds is 6. The molecule has 1 atom stereocenters. The van der Waals surface area contributed by atoms with E-state index >= 15 is 0 Å². The number of esters is 1. The maximum absolute atomic E-state index is 11.0. The van der Waals surface area contributed by atoms with Crippen molar-refractivity contribution in [3.05, 3.63) is 0 Å². The highest BCUT2D eigenvalue weighted by Crippen LogP contribution is 2.01. The van der Waals surface area contributed by atoms with E-state index in [1.165, 1.54) is 0 Å². The molecule has 0 aliphatic carbocycles. The first kappa shape index (κ1) is 11.4. The molecule has 0 aromatic rings. The molecule has 0 aromatic carbocycles. The number of carbonyl (C=O) groups excluding carboxylic acids is 1. The lowest BCUT2D eigenvalue weighted by atomic mass is 10.2. The van der Waals surface area contributed by atoms with Crippen molar-refractivity contribution >= 4 is 5.97 Å². The predicted molar refractivity (Wildman–Crippen MR) is 49.0 cm³/mol. The molecule has 1 N–H and O–H groups in total. The van der Waals surface area contributed by atoms with E-state index in [2.05, 4.69) is 12.2 Å². The monoisotopic (exact) mass is 173 g/mol. The second kappa shape index (κ2) is 7.10. The zero-order chi connectivity index (χ0) is 9.40. The van der Waals surface area contributed by atoms with Crippen LogP contribution in [0.15, 0.2) is 0 Å². The predicted octanol–water partition coefficient (Wildman–Crippen LogP) is 1.33. The third kappa shape index (κ3) is 6.16. The summed E-state index contributed by atoms with van der Waals surface area (Å²) in [5.74, 6) is -0.106. The summed E-state index contributed by atoms with van der Waals surface area (Å²) in [5.41, 5.74) is 0. The van der Waals surface area contributed by atoms with Gasteiger partial charge in [-0.1, -0.05) is 13.3 Å². The Morgan fingerprint density at radius 3 is 2.75 bits per heavy atom. The molecule has 3 heteroatoms. The molecule has 0 radical (unpaired) electrons. The van der Waals surface area contributed by atoms with E-state index in [-0.39, 0.29) is 12.1 Å². The van der Waals surface area contributed by atoms with Gasteiger partial charge in [0.2, 0.25) is 0 Å². The summed E-state index contributed by atoms with van der Waals surface area (Å²) in [6.45, 7) is 4.70. The molecule has 0 bridgehead atoms. The minimum absolute atomic E-state index is 0.0688. The average Bonchev–Trinajstić information content (AvgIpc) is 2.01. The van der Waals surface area contributed by atoms with Crippen LogP contribution in [0, 0.1) is 0 Å². The highest BCUT2D eigenvalue weighted by molar-refractivity contribution is 5.69. The summed E-state index contributed by atoms with van der Waals surface area (Å²) in [7, 11) is 1.82. The van der Waals surface area contributed by atoms with Crippen molar-refractivity contribution in [1.29, 1.82) is 0 Å². The van der Waals surface area contributed by atoms with Crippen LogP contribution < -0.4 is 5.32 Å². The van der Waals surface area contributed by atoms with E-state index in [0.29, 0.717) is 13.0 Å². The van der Waals surface area contributed by atoms with Crippen molar-refractivity contribution in [3.63, 3.8) is 0 Å². The fourth-order valence-corrected chi connectivity index (χ4v) is 0.976. The van der Waals surface area contributed by atoms with Gasteiger partial charge in [-0.15, -0.1) is 0 Å². The summed E-state index contributed by atoms with van der Waals surface area (Å²) in [5, 5.41) is 2.90. The smallest absolute Gasteiger partial charge is 0.307 e. The van der Waals surface area contributed by atoms with Crippen molar-refractivity contribution in [2.24, 2.45) is 0 Å². The molecule has 0 saturated heterocycles. The Hall–Kier alpha value is -0.570. The van der Waals surface area contributed by atoms with Gasteiger partial charge in [0.25, 0.3) is 0 Å². The summed E-state index contributed by atoms with van der Waals surface area (Å²) in [6.07, 6.45) is 2.54. The Bertz CT molecular complexity index is 126. The first-order valence-electron chi connectivity index (χ1n) is 4.54. The van der Waals surface area contributed by atoms with E-state index in [9.17, 15) is 4.79 Å². The van der Waals surface area contributed by atoms with E-state index in [0.717, 1.165) is 12.8 Å². The quantitative estimate of drug-likeness (QED) is 0.616. The van der Waals surface area contributed by atoms with Gasteiger partial charge in [0.1, 0.15) is 0 Å². The van der Waals surface area contributed by atoms with Crippen LogP contribution in [0.4, 0.5) is 0 Å². The number of nitrogens with one attached hydrogen (secondary N) is 1. The van der Waals surface area contributed by atoms with Gasteiger partial charge in [-0.2, -0.15) is 0 Å². The number of carbonyl (C=O) groups is 1. The van der Waals surface area contributed by atoms with Crippen molar-refractivity contribution in [1.82, 2.24) is 5.32 Å². The van der Waals surface area contributed by atoms with E-state index in [1.54, 1.807) is 0 Å². The van der Waals surface area contributed by atoms with Crippen LogP contribution in [-0.2, 0) is 9.53 Å². The topological polar surface area (TPSA) is 38.3 Å². The summed E-state index contributed by atoms with van der Waals surface area (Å²) in [6, 6.07) is 0. The van der Waals surface area contributed by atoms with E-state index < -0.39 is 0 Å². The Labute approximate surface area is 74.5 Å². The molecule has 0 rings (SSSR count). The molecule has 0 aromatic heterocycles. The summed E-state index contributed by atoms with van der Waals surface area (Å²) in [4.78, 5) is 11.0. The maximum atomic E-state index is 11.0. The highest BCUT2D eigenvalue weighted by Gasteiger charge is 2.06. The van der Waals surface area contributed by atoms with Gasteiger partial charge in [0, 0.05) is 6.54 Å². The van der Waals surface area contributed by atoms with E-state index in [4.69, 9.17) is 4.74 Å². The summed E-state index contributed by atoms with van der Waals surface area (Å²) < 4.78 is 5.11. The molecule has 0 heterocycles.